The highest BCUT2D eigenvalue weighted by Crippen LogP contribution is 2.17. The van der Waals surface area contributed by atoms with Crippen LogP contribution in [-0.2, 0) is 0 Å². The van der Waals surface area contributed by atoms with Crippen LogP contribution in [0.1, 0.15) is 37.8 Å². The van der Waals surface area contributed by atoms with Crippen LogP contribution >= 0.6 is 0 Å². The molecule has 0 saturated carbocycles. The molecule has 1 rings (SSSR count). The van der Waals surface area contributed by atoms with Crippen LogP contribution in [0, 0.1) is 13.8 Å². The van der Waals surface area contributed by atoms with Crippen LogP contribution in [-0.4, -0.2) is 0 Å². The third-order valence-corrected chi connectivity index (χ3v) is 4.36. The zero-order chi connectivity index (χ0) is 22.9. The molecule has 0 aliphatic heterocycles. The Morgan fingerprint density at radius 3 is 1.73 bits per heavy atom. The van der Waals surface area contributed by atoms with E-state index in [1.807, 2.05) is 37.3 Å². The zero-order valence-electron chi connectivity index (χ0n) is 19.4. The Balaban J connectivity index is 0.000000867. The number of hydrogen-bond donors (Lipinski definition) is 0. The summed E-state index contributed by atoms with van der Waals surface area (Å²) in [6, 6.07) is 8.48. The van der Waals surface area contributed by atoms with Crippen LogP contribution in [0.2, 0.25) is 0 Å². The lowest BCUT2D eigenvalue weighted by Crippen LogP contribution is -1.85. The minimum absolute atomic E-state index is 0.783. The minimum atomic E-state index is 0.783. The lowest BCUT2D eigenvalue weighted by atomic mass is 10.0. The summed E-state index contributed by atoms with van der Waals surface area (Å²) in [4.78, 5) is 0. The lowest BCUT2D eigenvalue weighted by Gasteiger charge is -2.05. The van der Waals surface area contributed by atoms with E-state index in [4.69, 9.17) is 0 Å². The molecule has 1 aromatic rings. The van der Waals surface area contributed by atoms with Crippen molar-refractivity contribution < 1.29 is 0 Å². The van der Waals surface area contributed by atoms with E-state index in [2.05, 4.69) is 90.1 Å². The summed E-state index contributed by atoms with van der Waals surface area (Å²) in [6.07, 6.45) is 17.3. The van der Waals surface area contributed by atoms with E-state index in [0.717, 1.165) is 35.1 Å². The van der Waals surface area contributed by atoms with Crippen molar-refractivity contribution in [2.24, 2.45) is 0 Å². The molecule has 0 heteroatoms. The normalized spacial score (nSPS) is 12.1. The van der Waals surface area contributed by atoms with Gasteiger partial charge >= 0.3 is 0 Å². The molecule has 0 heterocycles. The first-order chi connectivity index (χ1) is 14.2. The molecule has 0 bridgehead atoms. The number of rotatable bonds is 10. The van der Waals surface area contributed by atoms with E-state index >= 15 is 0 Å². The molecular formula is C30H38. The average molecular weight is 399 g/mol. The van der Waals surface area contributed by atoms with Crippen LogP contribution < -0.4 is 0 Å². The molecule has 0 aromatic heterocycles. The smallest absolute Gasteiger partial charge is 0.00943 e. The monoisotopic (exact) mass is 398 g/mol. The van der Waals surface area contributed by atoms with Gasteiger partial charge in [-0.05, 0) is 62.8 Å². The number of hydrogen-bond acceptors (Lipinski definition) is 0. The highest BCUT2D eigenvalue weighted by molar-refractivity contribution is 5.46. The molecule has 30 heavy (non-hydrogen) atoms. The van der Waals surface area contributed by atoms with Crippen molar-refractivity contribution in [2.45, 2.75) is 40.5 Å². The molecule has 0 N–H and O–H groups in total. The van der Waals surface area contributed by atoms with E-state index in [1.165, 1.54) is 16.7 Å². The predicted molar refractivity (Wildman–Crippen MR) is 139 cm³/mol. The minimum Gasteiger partial charge on any atom is -0.0998 e. The Bertz CT molecular complexity index is 825. The van der Waals surface area contributed by atoms with E-state index in [0.29, 0.717) is 0 Å². The van der Waals surface area contributed by atoms with Gasteiger partial charge in [0.25, 0.3) is 0 Å². The first-order valence-electron chi connectivity index (χ1n) is 10.2. The number of allylic oxidation sites excluding steroid dienone is 13. The zero-order valence-corrected chi connectivity index (χ0v) is 19.4. The maximum Gasteiger partial charge on any atom is -0.00943 e. The molecule has 0 unspecified atom stereocenters. The van der Waals surface area contributed by atoms with Gasteiger partial charge in [-0.2, -0.15) is 0 Å². The summed E-state index contributed by atoms with van der Waals surface area (Å²) in [5.41, 5.74) is 8.14. The highest BCUT2D eigenvalue weighted by atomic mass is 14.0. The first kappa shape index (κ1) is 26.9. The van der Waals surface area contributed by atoms with Gasteiger partial charge < -0.3 is 0 Å². The van der Waals surface area contributed by atoms with E-state index in [-0.39, 0.29) is 0 Å². The highest BCUT2D eigenvalue weighted by Gasteiger charge is 1.98. The lowest BCUT2D eigenvalue weighted by molar-refractivity contribution is 1.19. The van der Waals surface area contributed by atoms with Crippen LogP contribution in [0.4, 0.5) is 0 Å². The van der Waals surface area contributed by atoms with Crippen LogP contribution in [0.15, 0.2) is 134 Å². The summed E-state index contributed by atoms with van der Waals surface area (Å²) in [6.45, 7) is 27.7. The Morgan fingerprint density at radius 2 is 1.30 bits per heavy atom. The second-order valence-electron chi connectivity index (χ2n) is 7.33. The standard InChI is InChI=1S/C22H28.C8H10/c1-8-11-12-13-19(6)21(9-2)16-17-22(10-3)20(7)15-14-18(4)5;1-7-3-5-8(2)6-4-7/h8-12,15-17H,1-4,6,13-14H2,5,7H3;3-6H,1-2H3/b12-11?,20-15+,21-16+,22-17+;. The predicted octanol–water partition coefficient (Wildman–Crippen LogP) is 9.12. The van der Waals surface area contributed by atoms with Gasteiger partial charge in [0.05, 0.1) is 0 Å². The van der Waals surface area contributed by atoms with E-state index in [9.17, 15) is 0 Å². The van der Waals surface area contributed by atoms with Gasteiger partial charge in [0, 0.05) is 0 Å². The molecule has 0 aliphatic rings. The topological polar surface area (TPSA) is 0 Å². The average Bonchev–Trinajstić information content (AvgIpc) is 2.72. The van der Waals surface area contributed by atoms with Crippen molar-refractivity contribution in [1.29, 1.82) is 0 Å². The number of aryl methyl sites for hydroxylation is 2. The van der Waals surface area contributed by atoms with Crippen LogP contribution in [0.25, 0.3) is 0 Å². The van der Waals surface area contributed by atoms with Gasteiger partial charge in [-0.3, -0.25) is 0 Å². The molecule has 0 fully saturated rings. The molecule has 0 amide bonds. The molecule has 0 saturated heterocycles. The molecule has 158 valence electrons. The maximum atomic E-state index is 4.10. The third-order valence-electron chi connectivity index (χ3n) is 4.36. The first-order valence-corrected chi connectivity index (χ1v) is 10.2. The quantitative estimate of drug-likeness (QED) is 0.272. The molecular weight excluding hydrogens is 360 g/mol. The van der Waals surface area contributed by atoms with Gasteiger partial charge in [-0.1, -0.05) is 122 Å². The number of benzene rings is 1. The fraction of sp³-hybridized carbons (Fsp3) is 0.200. The van der Waals surface area contributed by atoms with Gasteiger partial charge in [-0.25, -0.2) is 0 Å². The summed E-state index contributed by atoms with van der Waals surface area (Å²) in [5, 5.41) is 0. The Hall–Kier alpha value is -3.12. The van der Waals surface area contributed by atoms with E-state index in [1.54, 1.807) is 6.08 Å². The second-order valence-corrected chi connectivity index (χ2v) is 7.33. The molecule has 1 aromatic carbocycles. The van der Waals surface area contributed by atoms with Crippen molar-refractivity contribution in [3.8, 4) is 0 Å². The van der Waals surface area contributed by atoms with Gasteiger partial charge in [-0.15, -0.1) is 0 Å². The molecule has 0 aliphatic carbocycles. The fourth-order valence-corrected chi connectivity index (χ4v) is 2.38. The summed E-state index contributed by atoms with van der Waals surface area (Å²) in [5.74, 6) is 0. The summed E-state index contributed by atoms with van der Waals surface area (Å²) in [7, 11) is 0. The van der Waals surface area contributed by atoms with Crippen molar-refractivity contribution in [3.63, 3.8) is 0 Å². The summed E-state index contributed by atoms with van der Waals surface area (Å²) < 4.78 is 0. The van der Waals surface area contributed by atoms with Crippen molar-refractivity contribution in [1.82, 2.24) is 0 Å². The fourth-order valence-electron chi connectivity index (χ4n) is 2.38. The van der Waals surface area contributed by atoms with E-state index < -0.39 is 0 Å². The second kappa shape index (κ2) is 15.8. The van der Waals surface area contributed by atoms with Gasteiger partial charge in [0.15, 0.2) is 0 Å². The molecule has 0 radical (unpaired) electrons. The van der Waals surface area contributed by atoms with Crippen LogP contribution in [0.3, 0.4) is 0 Å². The molecule has 0 atom stereocenters. The van der Waals surface area contributed by atoms with Crippen LogP contribution in [0.5, 0.6) is 0 Å². The molecule has 0 nitrogen and oxygen atoms in total. The Morgan fingerprint density at radius 1 is 0.800 bits per heavy atom. The SMILES string of the molecule is C=CC=CCC(=C)/C(C=C)=C/C=C(C=C)/C(C)=C/CC(=C)C.Cc1ccc(C)cc1. The summed E-state index contributed by atoms with van der Waals surface area (Å²) >= 11 is 0. The van der Waals surface area contributed by atoms with Crippen molar-refractivity contribution in [2.75, 3.05) is 0 Å². The third kappa shape index (κ3) is 12.4. The van der Waals surface area contributed by atoms with Crippen molar-refractivity contribution >= 4 is 0 Å². The van der Waals surface area contributed by atoms with Gasteiger partial charge in [0.1, 0.15) is 0 Å². The largest absolute Gasteiger partial charge is 0.0998 e. The molecule has 0 spiro atoms. The Labute approximate surface area is 185 Å². The Kier molecular flexibility index (Phi) is 14.1. The van der Waals surface area contributed by atoms with Crippen molar-refractivity contribution in [3.05, 3.63) is 145 Å². The maximum absolute atomic E-state index is 4.10. The van der Waals surface area contributed by atoms with Gasteiger partial charge in [0.2, 0.25) is 0 Å².